The molecule has 2 aromatic rings. The number of esters is 1. The van der Waals surface area contributed by atoms with Crippen LogP contribution in [0.15, 0.2) is 29.1 Å². The minimum Gasteiger partial charge on any atom is -0.493 e. The van der Waals surface area contributed by atoms with Gasteiger partial charge in [-0.15, -0.1) is 0 Å². The van der Waals surface area contributed by atoms with E-state index in [0.29, 0.717) is 68.3 Å². The summed E-state index contributed by atoms with van der Waals surface area (Å²) in [5.41, 5.74) is 3.72. The van der Waals surface area contributed by atoms with Crippen molar-refractivity contribution in [2.75, 3.05) is 45.9 Å². The van der Waals surface area contributed by atoms with Gasteiger partial charge in [0, 0.05) is 25.6 Å². The summed E-state index contributed by atoms with van der Waals surface area (Å²) in [7, 11) is 4.72. The normalized spacial score (nSPS) is 17.0. The van der Waals surface area contributed by atoms with Crippen LogP contribution in [0.1, 0.15) is 50.3 Å². The molecule has 1 fully saturated rings. The second-order valence-electron chi connectivity index (χ2n) is 9.58. The molecule has 9 heteroatoms. The van der Waals surface area contributed by atoms with E-state index in [4.69, 9.17) is 18.9 Å². The summed E-state index contributed by atoms with van der Waals surface area (Å²) in [6, 6.07) is 6.97. The number of rotatable bonds is 7. The number of carbonyl (C=O) groups excluding carboxylic acids is 2. The van der Waals surface area contributed by atoms with Crippen molar-refractivity contribution in [3.8, 4) is 28.4 Å². The van der Waals surface area contributed by atoms with E-state index in [-0.39, 0.29) is 29.3 Å². The van der Waals surface area contributed by atoms with Crippen molar-refractivity contribution in [3.05, 3.63) is 45.6 Å². The van der Waals surface area contributed by atoms with Crippen molar-refractivity contribution in [1.82, 2.24) is 5.32 Å². The first-order valence-electron chi connectivity index (χ1n) is 13.0. The fourth-order valence-electron chi connectivity index (χ4n) is 5.58. The Bertz CT molecular complexity index is 1270. The lowest BCUT2D eigenvalue weighted by molar-refractivity contribution is -0.148. The lowest BCUT2D eigenvalue weighted by Gasteiger charge is -2.31. The molecule has 1 N–H and O–H groups in total. The third-order valence-electron chi connectivity index (χ3n) is 7.35. The minimum atomic E-state index is -0.362. The van der Waals surface area contributed by atoms with Crippen LogP contribution in [0.5, 0.6) is 17.2 Å². The van der Waals surface area contributed by atoms with Crippen molar-refractivity contribution in [1.29, 1.82) is 0 Å². The molecule has 204 valence electrons. The van der Waals surface area contributed by atoms with Crippen LogP contribution in [0.2, 0.25) is 0 Å². The molecular formula is C29H36N2O7. The van der Waals surface area contributed by atoms with Gasteiger partial charge in [-0.05, 0) is 67.5 Å². The van der Waals surface area contributed by atoms with Gasteiger partial charge in [-0.2, -0.15) is 0 Å². The molecule has 0 saturated carbocycles. The van der Waals surface area contributed by atoms with Crippen LogP contribution in [0, 0.1) is 5.92 Å². The maximum Gasteiger partial charge on any atom is 0.309 e. The smallest absolute Gasteiger partial charge is 0.309 e. The predicted octanol–water partition coefficient (Wildman–Crippen LogP) is 3.64. The predicted molar refractivity (Wildman–Crippen MR) is 144 cm³/mol. The van der Waals surface area contributed by atoms with Crippen LogP contribution in [0.4, 0.5) is 5.69 Å². The van der Waals surface area contributed by atoms with Gasteiger partial charge in [0.1, 0.15) is 0 Å². The van der Waals surface area contributed by atoms with Crippen LogP contribution < -0.4 is 29.9 Å². The molecule has 0 aromatic heterocycles. The number of methoxy groups -OCH3 is 3. The highest BCUT2D eigenvalue weighted by atomic mass is 16.5. The number of benzene rings is 1. The molecule has 1 amide bonds. The topological polar surface area (TPSA) is 103 Å². The van der Waals surface area contributed by atoms with Gasteiger partial charge in [0.25, 0.3) is 0 Å². The quantitative estimate of drug-likeness (QED) is 0.548. The Kier molecular flexibility index (Phi) is 8.44. The standard InChI is InChI=1S/C29H36N2O7/c1-6-38-29(34)18-11-13-31(14-12-18)23-10-8-20-21(16-24(23)33)22(30-17(2)32)9-7-19-15-25(35-3)27(36-4)28(37-5)26(19)20/h8,10,15-16,18,22H,6-7,9,11-14H2,1-5H3,(H,30,32)/t22-/m0/s1. The minimum absolute atomic E-state index is 0.140. The molecule has 9 nitrogen and oxygen atoms in total. The summed E-state index contributed by atoms with van der Waals surface area (Å²) >= 11 is 0. The molecule has 0 spiro atoms. The maximum atomic E-state index is 13.6. The molecule has 1 saturated heterocycles. The van der Waals surface area contributed by atoms with Gasteiger partial charge in [-0.3, -0.25) is 14.4 Å². The highest BCUT2D eigenvalue weighted by Gasteiger charge is 2.31. The van der Waals surface area contributed by atoms with Gasteiger partial charge in [0.05, 0.1) is 45.6 Å². The Hall–Kier alpha value is -3.75. The van der Waals surface area contributed by atoms with Crippen LogP contribution in [0.3, 0.4) is 0 Å². The third-order valence-corrected chi connectivity index (χ3v) is 7.35. The summed E-state index contributed by atoms with van der Waals surface area (Å²) in [5.74, 6) is 1.03. The molecule has 1 aliphatic heterocycles. The molecule has 0 radical (unpaired) electrons. The van der Waals surface area contributed by atoms with Crippen LogP contribution in [0.25, 0.3) is 11.1 Å². The summed E-state index contributed by atoms with van der Waals surface area (Å²) in [4.78, 5) is 40.0. The van der Waals surface area contributed by atoms with E-state index in [1.807, 2.05) is 23.1 Å². The van der Waals surface area contributed by atoms with E-state index in [9.17, 15) is 14.4 Å². The average molecular weight is 525 g/mol. The number of piperidine rings is 1. The Balaban J connectivity index is 1.84. The zero-order valence-corrected chi connectivity index (χ0v) is 22.7. The number of nitrogens with zero attached hydrogens (tertiary/aromatic N) is 1. The highest BCUT2D eigenvalue weighted by molar-refractivity contribution is 5.84. The Labute approximate surface area is 223 Å². The molecular weight excluding hydrogens is 488 g/mol. The first-order valence-corrected chi connectivity index (χ1v) is 13.0. The second kappa shape index (κ2) is 11.8. The van der Waals surface area contributed by atoms with E-state index >= 15 is 0 Å². The van der Waals surface area contributed by atoms with Crippen molar-refractivity contribution in [3.63, 3.8) is 0 Å². The molecule has 0 bridgehead atoms. The number of fused-ring (bicyclic) bond motifs is 3. The van der Waals surface area contributed by atoms with E-state index in [1.54, 1.807) is 34.3 Å². The van der Waals surface area contributed by atoms with Gasteiger partial charge in [-0.25, -0.2) is 0 Å². The van der Waals surface area contributed by atoms with E-state index < -0.39 is 0 Å². The molecule has 2 aromatic carbocycles. The average Bonchev–Trinajstić information content (AvgIpc) is 3.16. The molecule has 1 aliphatic carbocycles. The summed E-state index contributed by atoms with van der Waals surface area (Å²) in [6.07, 6.45) is 2.48. The maximum absolute atomic E-state index is 13.6. The second-order valence-corrected chi connectivity index (χ2v) is 9.58. The number of nitrogens with one attached hydrogen (secondary N) is 1. The fraction of sp³-hybridized carbons (Fsp3) is 0.483. The number of ether oxygens (including phenoxy) is 4. The highest BCUT2D eigenvalue weighted by Crippen LogP contribution is 2.50. The Morgan fingerprint density at radius 3 is 2.32 bits per heavy atom. The van der Waals surface area contributed by atoms with Gasteiger partial charge < -0.3 is 29.2 Å². The Morgan fingerprint density at radius 2 is 1.71 bits per heavy atom. The van der Waals surface area contributed by atoms with E-state index in [0.717, 1.165) is 22.3 Å². The Morgan fingerprint density at radius 1 is 1.00 bits per heavy atom. The molecule has 1 atom stereocenters. The number of amides is 1. The first-order chi connectivity index (χ1) is 18.3. The van der Waals surface area contributed by atoms with E-state index in [1.165, 1.54) is 6.92 Å². The molecule has 38 heavy (non-hydrogen) atoms. The molecule has 1 heterocycles. The van der Waals surface area contributed by atoms with E-state index in [2.05, 4.69) is 5.32 Å². The fourth-order valence-corrected chi connectivity index (χ4v) is 5.58. The van der Waals surface area contributed by atoms with Gasteiger partial charge in [0.15, 0.2) is 11.5 Å². The number of aryl methyl sites for hydroxylation is 1. The lowest BCUT2D eigenvalue weighted by atomic mass is 9.95. The SMILES string of the molecule is CCOC(=O)C1CCN(c2ccc3c(cc2=O)[C@@H](NC(C)=O)CCc2cc(OC)c(OC)c(OC)c2-3)CC1. The van der Waals surface area contributed by atoms with Crippen LogP contribution >= 0.6 is 0 Å². The van der Waals surface area contributed by atoms with Crippen LogP contribution in [-0.2, 0) is 20.7 Å². The number of carbonyl (C=O) groups is 2. The lowest BCUT2D eigenvalue weighted by Crippen LogP contribution is -2.38. The van der Waals surface area contributed by atoms with Gasteiger partial charge >= 0.3 is 5.97 Å². The summed E-state index contributed by atoms with van der Waals surface area (Å²) in [5, 5.41) is 3.03. The summed E-state index contributed by atoms with van der Waals surface area (Å²) < 4.78 is 22.3. The first kappa shape index (κ1) is 27.3. The van der Waals surface area contributed by atoms with Crippen molar-refractivity contribution in [2.24, 2.45) is 5.92 Å². The largest absolute Gasteiger partial charge is 0.493 e. The third kappa shape index (κ3) is 5.28. The molecule has 4 rings (SSSR count). The zero-order chi connectivity index (χ0) is 27.4. The van der Waals surface area contributed by atoms with Crippen molar-refractivity contribution < 1.29 is 28.5 Å². The summed E-state index contributed by atoms with van der Waals surface area (Å²) in [6.45, 7) is 4.80. The molecule has 0 unspecified atom stereocenters. The van der Waals surface area contributed by atoms with Gasteiger partial charge in [-0.1, -0.05) is 6.07 Å². The number of hydrogen-bond acceptors (Lipinski definition) is 8. The molecule has 2 aliphatic rings. The van der Waals surface area contributed by atoms with Crippen molar-refractivity contribution >= 4 is 17.6 Å². The van der Waals surface area contributed by atoms with Gasteiger partial charge in [0.2, 0.25) is 17.1 Å². The van der Waals surface area contributed by atoms with Crippen molar-refractivity contribution in [2.45, 2.75) is 45.6 Å². The number of hydrogen-bond donors (Lipinski definition) is 1. The zero-order valence-electron chi connectivity index (χ0n) is 22.7. The van der Waals surface area contributed by atoms with Crippen LogP contribution in [-0.4, -0.2) is 52.9 Å². The monoisotopic (exact) mass is 524 g/mol. The number of anilines is 1.